The van der Waals surface area contributed by atoms with Gasteiger partial charge < -0.3 is 25.4 Å². The second-order valence-corrected chi connectivity index (χ2v) is 13.2. The van der Waals surface area contributed by atoms with Crippen LogP contribution in [-0.4, -0.2) is 69.8 Å². The van der Waals surface area contributed by atoms with Crippen molar-refractivity contribution in [3.05, 3.63) is 72.4 Å². The molecule has 1 saturated heterocycles. The Hall–Kier alpha value is -4.67. The van der Waals surface area contributed by atoms with E-state index < -0.39 is 53.3 Å². The molecule has 0 unspecified atom stereocenters. The fourth-order valence-corrected chi connectivity index (χ4v) is 5.05. The van der Waals surface area contributed by atoms with Crippen molar-refractivity contribution in [2.75, 3.05) is 11.9 Å². The Morgan fingerprint density at radius 2 is 1.60 bits per heavy atom. The monoisotopic (exact) mass is 617 g/mol. The molecule has 3 aromatic rings. The lowest BCUT2D eigenvalue weighted by Gasteiger charge is -2.29. The van der Waals surface area contributed by atoms with Crippen molar-refractivity contribution >= 4 is 40.6 Å². The van der Waals surface area contributed by atoms with Gasteiger partial charge in [0, 0.05) is 11.9 Å². The summed E-state index contributed by atoms with van der Waals surface area (Å²) in [6.07, 6.45) is 1.18. The van der Waals surface area contributed by atoms with Crippen LogP contribution in [0.25, 0.3) is 10.9 Å². The number of amides is 4. The number of hydrogen-bond donors (Lipinski definition) is 3. The molecule has 1 fully saturated rings. The number of hydrogen-bond acceptors (Lipinski definition) is 7. The van der Waals surface area contributed by atoms with Gasteiger partial charge in [-0.2, -0.15) is 0 Å². The van der Waals surface area contributed by atoms with E-state index in [-0.39, 0.29) is 13.0 Å². The van der Waals surface area contributed by atoms with E-state index in [0.29, 0.717) is 18.5 Å². The minimum atomic E-state index is -0.992. The van der Waals surface area contributed by atoms with Crippen molar-refractivity contribution in [1.82, 2.24) is 20.5 Å². The number of carbonyl (C=O) groups is 4. The van der Waals surface area contributed by atoms with Crippen molar-refractivity contribution < 1.29 is 28.7 Å². The quantitative estimate of drug-likeness (QED) is 0.316. The fourth-order valence-electron chi connectivity index (χ4n) is 5.05. The van der Waals surface area contributed by atoms with E-state index in [4.69, 9.17) is 9.47 Å². The van der Waals surface area contributed by atoms with E-state index >= 15 is 0 Å². The predicted molar refractivity (Wildman–Crippen MR) is 172 cm³/mol. The molecule has 2 heterocycles. The summed E-state index contributed by atoms with van der Waals surface area (Å²) < 4.78 is 11.0. The molecule has 1 aliphatic rings. The molecule has 0 spiro atoms. The van der Waals surface area contributed by atoms with E-state index in [2.05, 4.69) is 20.9 Å². The van der Waals surface area contributed by atoms with Gasteiger partial charge in [-0.15, -0.1) is 0 Å². The molecule has 11 nitrogen and oxygen atoms in total. The summed E-state index contributed by atoms with van der Waals surface area (Å²) in [5.41, 5.74) is 0.776. The van der Waals surface area contributed by atoms with Gasteiger partial charge in [-0.25, -0.2) is 9.59 Å². The molecule has 0 saturated carbocycles. The third kappa shape index (κ3) is 9.92. The zero-order valence-electron chi connectivity index (χ0n) is 26.8. The molecule has 45 heavy (non-hydrogen) atoms. The first-order valence-electron chi connectivity index (χ1n) is 15.2. The van der Waals surface area contributed by atoms with E-state index in [1.807, 2.05) is 60.7 Å². The minimum Gasteiger partial charge on any atom is -0.444 e. The molecule has 3 N–H and O–H groups in total. The summed E-state index contributed by atoms with van der Waals surface area (Å²) in [5.74, 6) is -0.944. The van der Waals surface area contributed by atoms with E-state index in [9.17, 15) is 19.2 Å². The number of carbonyl (C=O) groups excluding carboxylic acids is 4. The van der Waals surface area contributed by atoms with Crippen molar-refractivity contribution in [1.29, 1.82) is 0 Å². The Labute approximate surface area is 264 Å². The van der Waals surface area contributed by atoms with Crippen LogP contribution in [0.3, 0.4) is 0 Å². The van der Waals surface area contributed by atoms with Crippen molar-refractivity contribution in [2.45, 2.75) is 90.1 Å². The van der Waals surface area contributed by atoms with Crippen molar-refractivity contribution in [3.8, 4) is 0 Å². The topological polar surface area (TPSA) is 139 Å². The second kappa shape index (κ2) is 14.0. The molecule has 3 atom stereocenters. The van der Waals surface area contributed by atoms with Gasteiger partial charge in [-0.1, -0.05) is 48.5 Å². The number of fused-ring (bicyclic) bond motifs is 1. The van der Waals surface area contributed by atoms with Crippen LogP contribution in [-0.2, 0) is 25.5 Å². The summed E-state index contributed by atoms with van der Waals surface area (Å²) in [6.45, 7) is 10.5. The maximum absolute atomic E-state index is 13.8. The van der Waals surface area contributed by atoms with Crippen LogP contribution in [0.4, 0.5) is 15.3 Å². The lowest BCUT2D eigenvalue weighted by molar-refractivity contribution is -0.129. The van der Waals surface area contributed by atoms with Gasteiger partial charge >= 0.3 is 12.2 Å². The van der Waals surface area contributed by atoms with Gasteiger partial charge in [0.25, 0.3) is 0 Å². The summed E-state index contributed by atoms with van der Waals surface area (Å²) in [6, 6.07) is 16.6. The molecule has 0 radical (unpaired) electrons. The molecule has 240 valence electrons. The number of ether oxygens (including phenoxy) is 2. The van der Waals surface area contributed by atoms with Crippen LogP contribution in [0, 0.1) is 0 Å². The third-order valence-electron chi connectivity index (χ3n) is 7.01. The Morgan fingerprint density at radius 3 is 2.29 bits per heavy atom. The highest BCUT2D eigenvalue weighted by molar-refractivity contribution is 5.99. The van der Waals surface area contributed by atoms with Gasteiger partial charge in [0.1, 0.15) is 23.3 Å². The highest BCUT2D eigenvalue weighted by Gasteiger charge is 2.43. The van der Waals surface area contributed by atoms with E-state index in [0.717, 1.165) is 16.5 Å². The molecule has 2 aromatic carbocycles. The number of anilines is 1. The van der Waals surface area contributed by atoms with Gasteiger partial charge in [0.2, 0.25) is 11.8 Å². The average molecular weight is 618 g/mol. The maximum Gasteiger partial charge on any atom is 0.411 e. The number of benzene rings is 2. The minimum absolute atomic E-state index is 0.0376. The number of rotatable bonds is 8. The van der Waals surface area contributed by atoms with Crippen LogP contribution < -0.4 is 16.0 Å². The Morgan fingerprint density at radius 1 is 0.933 bits per heavy atom. The number of alkyl carbamates (subject to hydrolysis) is 1. The molecule has 4 rings (SSSR count). The normalized spacial score (nSPS) is 17.3. The van der Waals surface area contributed by atoms with E-state index in [1.165, 1.54) is 4.90 Å². The molecule has 1 aromatic heterocycles. The standard InChI is InChI=1S/C34H43N5O6/c1-33(2,3)44-31(42)37-25-19-28(39(21-25)32(43)45-34(4,5)6)30(41)38-27(17-16-22-12-8-7-9-13-22)29(40)36-24-18-23-14-10-11-15-26(23)35-20-24/h7-15,18,20,25,27-28H,16-17,19,21H2,1-6H3,(H,36,40)(H,37,42)(H,38,41)/t25-,27-,28+/m1/s1. The largest absolute Gasteiger partial charge is 0.444 e. The summed E-state index contributed by atoms with van der Waals surface area (Å²) in [4.78, 5) is 58.9. The summed E-state index contributed by atoms with van der Waals surface area (Å²) in [5, 5.41) is 9.40. The molecule has 4 amide bonds. The van der Waals surface area contributed by atoms with Crippen LogP contribution in [0.2, 0.25) is 0 Å². The first-order chi connectivity index (χ1) is 21.2. The maximum atomic E-state index is 13.8. The Bertz CT molecular complexity index is 1510. The van der Waals surface area contributed by atoms with Crippen LogP contribution >= 0.6 is 0 Å². The lowest BCUT2D eigenvalue weighted by atomic mass is 10.0. The fraction of sp³-hybridized carbons (Fsp3) is 0.441. The van der Waals surface area contributed by atoms with Gasteiger partial charge in [-0.3, -0.25) is 19.5 Å². The SMILES string of the molecule is CC(C)(C)OC(=O)N[C@@H]1C[C@@H](C(=O)N[C@H](CCc2ccccc2)C(=O)Nc2cnc3ccccc3c2)N(C(=O)OC(C)(C)C)C1. The first-order valence-corrected chi connectivity index (χ1v) is 15.2. The molecule has 0 bridgehead atoms. The highest BCUT2D eigenvalue weighted by Crippen LogP contribution is 2.23. The second-order valence-electron chi connectivity index (χ2n) is 13.2. The van der Waals surface area contributed by atoms with Crippen molar-refractivity contribution in [3.63, 3.8) is 0 Å². The molecule has 11 heteroatoms. The predicted octanol–water partition coefficient (Wildman–Crippen LogP) is 5.19. The summed E-state index contributed by atoms with van der Waals surface area (Å²) in [7, 11) is 0. The number of nitrogens with one attached hydrogen (secondary N) is 3. The number of pyridine rings is 1. The third-order valence-corrected chi connectivity index (χ3v) is 7.01. The summed E-state index contributed by atoms with van der Waals surface area (Å²) >= 11 is 0. The van der Waals surface area contributed by atoms with Gasteiger partial charge in [0.05, 0.1) is 23.4 Å². The number of likely N-dealkylation sites (tertiary alicyclic amines) is 1. The number of para-hydroxylation sites is 1. The van der Waals surface area contributed by atoms with E-state index in [1.54, 1.807) is 47.7 Å². The molecule has 1 aliphatic heterocycles. The molecular formula is C34H43N5O6. The Balaban J connectivity index is 1.53. The van der Waals surface area contributed by atoms with Crippen molar-refractivity contribution in [2.24, 2.45) is 0 Å². The number of aromatic nitrogens is 1. The van der Waals surface area contributed by atoms with Crippen LogP contribution in [0.5, 0.6) is 0 Å². The molecule has 0 aliphatic carbocycles. The number of aryl methyl sites for hydroxylation is 1. The van der Waals surface area contributed by atoms with Crippen LogP contribution in [0.1, 0.15) is 59.9 Å². The average Bonchev–Trinajstić information content (AvgIpc) is 3.37. The number of nitrogens with zero attached hydrogens (tertiary/aromatic N) is 2. The highest BCUT2D eigenvalue weighted by atomic mass is 16.6. The lowest BCUT2D eigenvalue weighted by Crippen LogP contribution is -2.52. The van der Waals surface area contributed by atoms with Gasteiger partial charge in [0.15, 0.2) is 0 Å². The van der Waals surface area contributed by atoms with Gasteiger partial charge in [-0.05, 0) is 78.5 Å². The zero-order chi connectivity index (χ0) is 32.8. The smallest absolute Gasteiger partial charge is 0.411 e. The molecular weight excluding hydrogens is 574 g/mol. The van der Waals surface area contributed by atoms with Crippen LogP contribution in [0.15, 0.2) is 66.9 Å². The first kappa shape index (κ1) is 33.2. The Kier molecular flexibility index (Phi) is 10.3. The zero-order valence-corrected chi connectivity index (χ0v) is 26.8.